The Kier molecular flexibility index (Phi) is 4.23. The summed E-state index contributed by atoms with van der Waals surface area (Å²) in [5.74, 6) is 0.0348. The zero-order chi connectivity index (χ0) is 14.7. The second-order valence-electron chi connectivity index (χ2n) is 5.32. The number of amides is 1. The molecule has 0 unspecified atom stereocenters. The van der Waals surface area contributed by atoms with Crippen molar-refractivity contribution in [1.29, 1.82) is 0 Å². The molecular weight excluding hydrogens is 250 g/mol. The molecule has 20 heavy (non-hydrogen) atoms. The van der Waals surface area contributed by atoms with Crippen LogP contribution in [0.1, 0.15) is 41.2 Å². The Hall–Kier alpha value is -2.10. The molecule has 0 saturated carbocycles. The Balaban J connectivity index is 2.28. The van der Waals surface area contributed by atoms with Crippen LogP contribution >= 0.6 is 0 Å². The molecule has 1 N–H and O–H groups in total. The molecule has 0 spiro atoms. The monoisotopic (exact) mass is 271 g/mol. The molecule has 2 aromatic rings. The number of H-pyrrole nitrogens is 1. The molecule has 0 aliphatic rings. The SMILES string of the molecule is Cc1n[nH]c(C)c1C(=O)N(Cc1ccccc1)C(C)C. The van der Waals surface area contributed by atoms with Crippen LogP contribution in [0, 0.1) is 13.8 Å². The third-order valence-corrected chi connectivity index (χ3v) is 3.42. The summed E-state index contributed by atoms with van der Waals surface area (Å²) < 4.78 is 0. The third kappa shape index (κ3) is 2.90. The van der Waals surface area contributed by atoms with Crippen LogP contribution < -0.4 is 0 Å². The standard InChI is InChI=1S/C16H21N3O/c1-11(2)19(10-14-8-6-5-7-9-14)16(20)15-12(3)17-18-13(15)4/h5-9,11H,10H2,1-4H3,(H,17,18). The predicted octanol–water partition coefficient (Wildman–Crippen LogP) is 3.08. The second kappa shape index (κ2) is 5.90. The number of aromatic amines is 1. The minimum absolute atomic E-state index is 0.0348. The van der Waals surface area contributed by atoms with Gasteiger partial charge in [0, 0.05) is 18.3 Å². The normalized spacial score (nSPS) is 10.8. The van der Waals surface area contributed by atoms with Gasteiger partial charge in [-0.2, -0.15) is 5.10 Å². The first-order valence-corrected chi connectivity index (χ1v) is 6.87. The molecule has 106 valence electrons. The van der Waals surface area contributed by atoms with E-state index >= 15 is 0 Å². The van der Waals surface area contributed by atoms with Gasteiger partial charge in [0.15, 0.2) is 0 Å². The van der Waals surface area contributed by atoms with Crippen LogP contribution in [0.2, 0.25) is 0 Å². The van der Waals surface area contributed by atoms with E-state index in [2.05, 4.69) is 10.2 Å². The highest BCUT2D eigenvalue weighted by molar-refractivity contribution is 5.96. The summed E-state index contributed by atoms with van der Waals surface area (Å²) in [5, 5.41) is 6.99. The lowest BCUT2D eigenvalue weighted by Gasteiger charge is -2.27. The van der Waals surface area contributed by atoms with Gasteiger partial charge in [0.05, 0.1) is 11.3 Å². The van der Waals surface area contributed by atoms with E-state index in [1.807, 2.05) is 62.9 Å². The van der Waals surface area contributed by atoms with Crippen molar-refractivity contribution < 1.29 is 4.79 Å². The molecule has 1 amide bonds. The fraction of sp³-hybridized carbons (Fsp3) is 0.375. The van der Waals surface area contributed by atoms with Crippen molar-refractivity contribution in [2.75, 3.05) is 0 Å². The maximum Gasteiger partial charge on any atom is 0.258 e. The van der Waals surface area contributed by atoms with Gasteiger partial charge in [-0.25, -0.2) is 0 Å². The Labute approximate surface area is 119 Å². The lowest BCUT2D eigenvalue weighted by molar-refractivity contribution is 0.0689. The van der Waals surface area contributed by atoms with Gasteiger partial charge in [-0.1, -0.05) is 30.3 Å². The van der Waals surface area contributed by atoms with Gasteiger partial charge in [0.1, 0.15) is 0 Å². The van der Waals surface area contributed by atoms with Gasteiger partial charge in [-0.3, -0.25) is 9.89 Å². The number of benzene rings is 1. The van der Waals surface area contributed by atoms with Crippen molar-refractivity contribution >= 4 is 5.91 Å². The van der Waals surface area contributed by atoms with Crippen LogP contribution in [-0.2, 0) is 6.54 Å². The van der Waals surface area contributed by atoms with E-state index < -0.39 is 0 Å². The van der Waals surface area contributed by atoms with Crippen LogP contribution in [0.4, 0.5) is 0 Å². The summed E-state index contributed by atoms with van der Waals surface area (Å²) in [7, 11) is 0. The molecule has 4 heteroatoms. The molecule has 0 aliphatic heterocycles. The largest absolute Gasteiger partial charge is 0.332 e. The summed E-state index contributed by atoms with van der Waals surface area (Å²) in [6.45, 7) is 8.42. The Morgan fingerprint density at radius 3 is 2.40 bits per heavy atom. The van der Waals surface area contributed by atoms with Crippen LogP contribution in [0.5, 0.6) is 0 Å². The quantitative estimate of drug-likeness (QED) is 0.929. The van der Waals surface area contributed by atoms with E-state index in [4.69, 9.17) is 0 Å². The summed E-state index contributed by atoms with van der Waals surface area (Å²) >= 11 is 0. The van der Waals surface area contributed by atoms with Gasteiger partial charge in [0.25, 0.3) is 5.91 Å². The van der Waals surface area contributed by atoms with Crippen molar-refractivity contribution in [3.8, 4) is 0 Å². The second-order valence-corrected chi connectivity index (χ2v) is 5.32. The third-order valence-electron chi connectivity index (χ3n) is 3.42. The minimum Gasteiger partial charge on any atom is -0.332 e. The molecule has 0 fully saturated rings. The van der Waals surface area contributed by atoms with Gasteiger partial charge in [-0.05, 0) is 33.3 Å². The van der Waals surface area contributed by atoms with Gasteiger partial charge >= 0.3 is 0 Å². The first kappa shape index (κ1) is 14.3. The fourth-order valence-corrected chi connectivity index (χ4v) is 2.28. The number of carbonyl (C=O) groups is 1. The summed E-state index contributed by atoms with van der Waals surface area (Å²) in [4.78, 5) is 14.6. The molecule has 0 radical (unpaired) electrons. The minimum atomic E-state index is 0.0348. The van der Waals surface area contributed by atoms with Crippen molar-refractivity contribution in [3.05, 3.63) is 52.8 Å². The molecular formula is C16H21N3O. The Morgan fingerprint density at radius 2 is 1.90 bits per heavy atom. The number of hydrogen-bond acceptors (Lipinski definition) is 2. The average molecular weight is 271 g/mol. The topological polar surface area (TPSA) is 49.0 Å². The first-order chi connectivity index (χ1) is 9.50. The number of aromatic nitrogens is 2. The smallest absolute Gasteiger partial charge is 0.258 e. The van der Waals surface area contributed by atoms with E-state index in [9.17, 15) is 4.79 Å². The lowest BCUT2D eigenvalue weighted by Crippen LogP contribution is -2.36. The molecule has 0 saturated heterocycles. The number of carbonyl (C=O) groups excluding carboxylic acids is 1. The predicted molar refractivity (Wildman–Crippen MR) is 79.5 cm³/mol. The zero-order valence-corrected chi connectivity index (χ0v) is 12.5. The highest BCUT2D eigenvalue weighted by Crippen LogP contribution is 2.17. The summed E-state index contributed by atoms with van der Waals surface area (Å²) in [6.07, 6.45) is 0. The number of hydrogen-bond donors (Lipinski definition) is 1. The molecule has 0 bridgehead atoms. The number of nitrogens with zero attached hydrogens (tertiary/aromatic N) is 2. The maximum absolute atomic E-state index is 12.8. The highest BCUT2D eigenvalue weighted by Gasteiger charge is 2.23. The summed E-state index contributed by atoms with van der Waals surface area (Å²) in [5.41, 5.74) is 3.40. The first-order valence-electron chi connectivity index (χ1n) is 6.87. The molecule has 0 atom stereocenters. The Bertz CT molecular complexity index is 568. The van der Waals surface area contributed by atoms with E-state index in [1.165, 1.54) is 0 Å². The molecule has 2 rings (SSSR count). The zero-order valence-electron chi connectivity index (χ0n) is 12.5. The van der Waals surface area contributed by atoms with Crippen LogP contribution in [-0.4, -0.2) is 27.0 Å². The fourth-order valence-electron chi connectivity index (χ4n) is 2.28. The molecule has 1 aromatic heterocycles. The molecule has 4 nitrogen and oxygen atoms in total. The van der Waals surface area contributed by atoms with E-state index in [0.29, 0.717) is 12.1 Å². The number of rotatable bonds is 4. The van der Waals surface area contributed by atoms with Crippen molar-refractivity contribution in [1.82, 2.24) is 15.1 Å². The van der Waals surface area contributed by atoms with Crippen LogP contribution in [0.25, 0.3) is 0 Å². The van der Waals surface area contributed by atoms with Crippen molar-refractivity contribution in [2.24, 2.45) is 0 Å². The molecule has 1 heterocycles. The van der Waals surface area contributed by atoms with E-state index in [-0.39, 0.29) is 11.9 Å². The highest BCUT2D eigenvalue weighted by atomic mass is 16.2. The maximum atomic E-state index is 12.8. The van der Waals surface area contributed by atoms with Gasteiger partial charge in [0.2, 0.25) is 0 Å². The average Bonchev–Trinajstić information content (AvgIpc) is 2.76. The van der Waals surface area contributed by atoms with Crippen LogP contribution in [0.3, 0.4) is 0 Å². The molecule has 1 aromatic carbocycles. The van der Waals surface area contributed by atoms with Gasteiger partial charge < -0.3 is 4.90 Å². The summed E-state index contributed by atoms with van der Waals surface area (Å²) in [6, 6.07) is 10.2. The van der Waals surface area contributed by atoms with Crippen LogP contribution in [0.15, 0.2) is 30.3 Å². The van der Waals surface area contributed by atoms with E-state index in [0.717, 1.165) is 17.0 Å². The number of nitrogens with one attached hydrogen (secondary N) is 1. The number of aryl methyl sites for hydroxylation is 2. The molecule has 0 aliphatic carbocycles. The van der Waals surface area contributed by atoms with E-state index in [1.54, 1.807) is 0 Å². The van der Waals surface area contributed by atoms with Crippen molar-refractivity contribution in [3.63, 3.8) is 0 Å². The van der Waals surface area contributed by atoms with Crippen molar-refractivity contribution in [2.45, 2.75) is 40.3 Å². The van der Waals surface area contributed by atoms with Gasteiger partial charge in [-0.15, -0.1) is 0 Å². The lowest BCUT2D eigenvalue weighted by atomic mass is 10.1. The Morgan fingerprint density at radius 1 is 1.25 bits per heavy atom.